The molecule has 0 saturated carbocycles. The van der Waals surface area contributed by atoms with Gasteiger partial charge in [-0.1, -0.05) is 53.4 Å². The van der Waals surface area contributed by atoms with Crippen molar-refractivity contribution >= 4 is 41.2 Å². The van der Waals surface area contributed by atoms with Crippen LogP contribution in [-0.2, 0) is 11.2 Å². The summed E-state index contributed by atoms with van der Waals surface area (Å²) in [6.07, 6.45) is 3.18. The topological polar surface area (TPSA) is 38.1 Å². The molecule has 3 aromatic rings. The molecule has 2 heterocycles. The van der Waals surface area contributed by atoms with E-state index in [1.165, 1.54) is 40.8 Å². The lowest BCUT2D eigenvalue weighted by Crippen LogP contribution is -2.39. The first kappa shape index (κ1) is 21.2. The Hall–Kier alpha value is -2.03. The molecule has 4 nitrogen and oxygen atoms in total. The second-order valence-corrected chi connectivity index (χ2v) is 10.2. The van der Waals surface area contributed by atoms with Gasteiger partial charge in [0, 0.05) is 13.1 Å². The van der Waals surface area contributed by atoms with Crippen molar-refractivity contribution in [3.8, 4) is 5.69 Å². The number of piperidine rings is 1. The Bertz CT molecular complexity index is 1040. The van der Waals surface area contributed by atoms with E-state index in [2.05, 4.69) is 29.4 Å². The van der Waals surface area contributed by atoms with E-state index >= 15 is 0 Å². The molecular weight excluding hydrogens is 437 g/mol. The van der Waals surface area contributed by atoms with Crippen LogP contribution in [0.3, 0.4) is 0 Å². The van der Waals surface area contributed by atoms with Crippen molar-refractivity contribution in [3.05, 3.63) is 69.9 Å². The fraction of sp³-hybridized carbons (Fsp3) is 0.318. The van der Waals surface area contributed by atoms with Crippen LogP contribution in [0.25, 0.3) is 5.69 Å². The highest BCUT2D eigenvalue weighted by atomic mass is 32.2. The lowest BCUT2D eigenvalue weighted by atomic mass is 9.90. The predicted octanol–water partition coefficient (Wildman–Crippen LogP) is 5.38. The Labute approximate surface area is 188 Å². The van der Waals surface area contributed by atoms with E-state index in [1.807, 2.05) is 11.0 Å². The maximum absolute atomic E-state index is 13.1. The largest absolute Gasteiger partial charge is 0.342 e. The number of carbonyl (C=O) groups excluding carboxylic acids is 1. The Morgan fingerprint density at radius 2 is 1.83 bits per heavy atom. The summed E-state index contributed by atoms with van der Waals surface area (Å²) in [5.41, 5.74) is 2.09. The highest BCUT2D eigenvalue weighted by Crippen LogP contribution is 2.26. The average molecular weight is 460 g/mol. The fourth-order valence-corrected chi connectivity index (χ4v) is 5.88. The standard InChI is InChI=1S/C22H22FN3OS3/c23-18-6-8-19(9-7-18)26-22(28)30-21(24-26)29-15-20(27)25-12-10-17(11-13-25)14-16-4-2-1-3-5-16/h1-9,17H,10-15H2. The van der Waals surface area contributed by atoms with E-state index in [1.54, 1.807) is 16.8 Å². The van der Waals surface area contributed by atoms with Crippen LogP contribution in [0.1, 0.15) is 18.4 Å². The number of hydrogen-bond donors (Lipinski definition) is 0. The molecule has 4 rings (SSSR count). The second kappa shape index (κ2) is 9.85. The lowest BCUT2D eigenvalue weighted by molar-refractivity contribution is -0.129. The van der Waals surface area contributed by atoms with Crippen molar-refractivity contribution in [2.45, 2.75) is 23.6 Å². The second-order valence-electron chi connectivity index (χ2n) is 7.32. The molecule has 1 aliphatic rings. The molecular formula is C22H22FN3OS3. The molecule has 8 heteroatoms. The fourth-order valence-electron chi connectivity index (χ4n) is 3.61. The normalized spacial score (nSPS) is 14.8. The first-order valence-electron chi connectivity index (χ1n) is 9.89. The van der Waals surface area contributed by atoms with Crippen LogP contribution in [0.2, 0.25) is 0 Å². The number of likely N-dealkylation sites (tertiary alicyclic amines) is 1. The maximum atomic E-state index is 13.1. The van der Waals surface area contributed by atoms with Crippen molar-refractivity contribution in [2.75, 3.05) is 18.8 Å². The lowest BCUT2D eigenvalue weighted by Gasteiger charge is -2.32. The quantitative estimate of drug-likeness (QED) is 0.367. The van der Waals surface area contributed by atoms with Crippen LogP contribution in [0.15, 0.2) is 58.9 Å². The van der Waals surface area contributed by atoms with Crippen LogP contribution in [-0.4, -0.2) is 39.4 Å². The van der Waals surface area contributed by atoms with Crippen LogP contribution in [0, 0.1) is 15.7 Å². The number of hydrogen-bond acceptors (Lipinski definition) is 5. The van der Waals surface area contributed by atoms with Crippen LogP contribution in [0.5, 0.6) is 0 Å². The van der Waals surface area contributed by atoms with E-state index in [0.717, 1.165) is 42.4 Å². The Morgan fingerprint density at radius 3 is 2.53 bits per heavy atom. The van der Waals surface area contributed by atoms with E-state index in [0.29, 0.717) is 15.6 Å². The molecule has 0 atom stereocenters. The molecule has 30 heavy (non-hydrogen) atoms. The number of rotatable bonds is 6. The Morgan fingerprint density at radius 1 is 1.13 bits per heavy atom. The highest BCUT2D eigenvalue weighted by molar-refractivity contribution is 8.01. The first-order valence-corrected chi connectivity index (χ1v) is 12.1. The monoisotopic (exact) mass is 459 g/mol. The molecule has 0 bridgehead atoms. The minimum absolute atomic E-state index is 0.146. The van der Waals surface area contributed by atoms with Crippen LogP contribution < -0.4 is 0 Å². The van der Waals surface area contributed by atoms with Crippen LogP contribution >= 0.6 is 35.3 Å². The number of nitrogens with zero attached hydrogens (tertiary/aromatic N) is 3. The third-order valence-corrected chi connectivity index (χ3v) is 7.60. The Balaban J connectivity index is 1.28. The molecule has 0 N–H and O–H groups in total. The number of thioether (sulfide) groups is 1. The zero-order valence-corrected chi connectivity index (χ0v) is 18.8. The molecule has 0 unspecified atom stereocenters. The summed E-state index contributed by atoms with van der Waals surface area (Å²) in [7, 11) is 0. The molecule has 2 aromatic carbocycles. The molecule has 0 radical (unpaired) electrons. The van der Waals surface area contributed by atoms with Gasteiger partial charge in [0.05, 0.1) is 11.4 Å². The van der Waals surface area contributed by atoms with Crippen molar-refractivity contribution in [1.29, 1.82) is 0 Å². The molecule has 1 fully saturated rings. The summed E-state index contributed by atoms with van der Waals surface area (Å²) in [6, 6.07) is 16.6. The van der Waals surface area contributed by atoms with Gasteiger partial charge in [0.25, 0.3) is 0 Å². The minimum Gasteiger partial charge on any atom is -0.342 e. The zero-order chi connectivity index (χ0) is 20.9. The maximum Gasteiger partial charge on any atom is 0.233 e. The van der Waals surface area contributed by atoms with E-state index in [9.17, 15) is 9.18 Å². The van der Waals surface area contributed by atoms with Gasteiger partial charge in [0.2, 0.25) is 5.91 Å². The van der Waals surface area contributed by atoms with Gasteiger partial charge in [-0.15, -0.1) is 5.10 Å². The van der Waals surface area contributed by atoms with Crippen molar-refractivity contribution in [1.82, 2.24) is 14.7 Å². The molecule has 1 aromatic heterocycles. The molecule has 0 aliphatic carbocycles. The smallest absolute Gasteiger partial charge is 0.233 e. The summed E-state index contributed by atoms with van der Waals surface area (Å²) in [4.78, 5) is 14.6. The van der Waals surface area contributed by atoms with Gasteiger partial charge in [-0.3, -0.25) is 4.79 Å². The molecule has 1 amide bonds. The van der Waals surface area contributed by atoms with Crippen molar-refractivity contribution in [3.63, 3.8) is 0 Å². The number of carbonyl (C=O) groups is 1. The van der Waals surface area contributed by atoms with Gasteiger partial charge < -0.3 is 4.90 Å². The van der Waals surface area contributed by atoms with Gasteiger partial charge in [0.15, 0.2) is 8.29 Å². The predicted molar refractivity (Wildman–Crippen MR) is 122 cm³/mol. The van der Waals surface area contributed by atoms with Crippen molar-refractivity contribution < 1.29 is 9.18 Å². The molecule has 0 spiro atoms. The molecule has 156 valence electrons. The first-order chi connectivity index (χ1) is 14.6. The highest BCUT2D eigenvalue weighted by Gasteiger charge is 2.23. The SMILES string of the molecule is O=C(CSc1nn(-c2ccc(F)cc2)c(=S)s1)N1CCC(Cc2ccccc2)CC1. The Kier molecular flexibility index (Phi) is 6.97. The summed E-state index contributed by atoms with van der Waals surface area (Å²) in [6.45, 7) is 1.63. The third-order valence-electron chi connectivity index (χ3n) is 5.25. The zero-order valence-electron chi connectivity index (χ0n) is 16.4. The molecule has 1 saturated heterocycles. The van der Waals surface area contributed by atoms with E-state index < -0.39 is 0 Å². The summed E-state index contributed by atoms with van der Waals surface area (Å²) in [5, 5.41) is 4.49. The van der Waals surface area contributed by atoms with Crippen molar-refractivity contribution in [2.24, 2.45) is 5.92 Å². The van der Waals surface area contributed by atoms with E-state index in [-0.39, 0.29) is 11.7 Å². The molecule has 1 aliphatic heterocycles. The number of benzene rings is 2. The van der Waals surface area contributed by atoms with Gasteiger partial charge in [-0.25, -0.2) is 9.07 Å². The third kappa shape index (κ3) is 5.36. The number of aromatic nitrogens is 2. The summed E-state index contributed by atoms with van der Waals surface area (Å²) in [5.74, 6) is 0.844. The summed E-state index contributed by atoms with van der Waals surface area (Å²) >= 11 is 8.16. The van der Waals surface area contributed by atoms with Gasteiger partial charge in [-0.05, 0) is 67.2 Å². The van der Waals surface area contributed by atoms with E-state index in [4.69, 9.17) is 12.2 Å². The van der Waals surface area contributed by atoms with Gasteiger partial charge in [-0.2, -0.15) is 0 Å². The number of amides is 1. The van der Waals surface area contributed by atoms with Crippen LogP contribution in [0.4, 0.5) is 4.39 Å². The summed E-state index contributed by atoms with van der Waals surface area (Å²) < 4.78 is 16.1. The average Bonchev–Trinajstić information content (AvgIpc) is 3.14. The number of halogens is 1. The van der Waals surface area contributed by atoms with Gasteiger partial charge >= 0.3 is 0 Å². The minimum atomic E-state index is -0.298. The van der Waals surface area contributed by atoms with Gasteiger partial charge in [0.1, 0.15) is 5.82 Å².